The Bertz CT molecular complexity index is 540. The number of para-hydroxylation sites is 1. The summed E-state index contributed by atoms with van der Waals surface area (Å²) in [7, 11) is 0. The molecule has 120 valence electrons. The zero-order chi connectivity index (χ0) is 15.6. The Morgan fingerprint density at radius 3 is 2.86 bits per heavy atom. The highest BCUT2D eigenvalue weighted by molar-refractivity contribution is 5.75. The summed E-state index contributed by atoms with van der Waals surface area (Å²) in [6.07, 6.45) is 3.81. The SMILES string of the molecule is CC(NC(=O)NC1(CO)CCCC1)C1COc2ccccc21. The maximum atomic E-state index is 12.3. The number of rotatable bonds is 4. The van der Waals surface area contributed by atoms with Crippen molar-refractivity contribution in [2.24, 2.45) is 0 Å². The van der Waals surface area contributed by atoms with Crippen molar-refractivity contribution in [2.75, 3.05) is 13.2 Å². The molecule has 5 heteroatoms. The Labute approximate surface area is 131 Å². The summed E-state index contributed by atoms with van der Waals surface area (Å²) in [4.78, 5) is 12.3. The van der Waals surface area contributed by atoms with E-state index in [0.29, 0.717) is 6.61 Å². The van der Waals surface area contributed by atoms with Crippen LogP contribution in [0, 0.1) is 0 Å². The number of urea groups is 1. The molecule has 3 rings (SSSR count). The van der Waals surface area contributed by atoms with Crippen LogP contribution in [0.4, 0.5) is 4.79 Å². The molecule has 2 amide bonds. The molecule has 5 nitrogen and oxygen atoms in total. The number of aliphatic hydroxyl groups is 1. The number of ether oxygens (including phenoxy) is 1. The summed E-state index contributed by atoms with van der Waals surface area (Å²) < 4.78 is 5.68. The van der Waals surface area contributed by atoms with Gasteiger partial charge < -0.3 is 20.5 Å². The lowest BCUT2D eigenvalue weighted by Gasteiger charge is -2.29. The summed E-state index contributed by atoms with van der Waals surface area (Å²) in [5.41, 5.74) is 0.710. The first-order valence-corrected chi connectivity index (χ1v) is 8.05. The van der Waals surface area contributed by atoms with E-state index in [4.69, 9.17) is 4.74 Å². The summed E-state index contributed by atoms with van der Waals surface area (Å²) in [5.74, 6) is 1.07. The van der Waals surface area contributed by atoms with Crippen LogP contribution in [0.1, 0.15) is 44.1 Å². The third-order valence-corrected chi connectivity index (χ3v) is 4.94. The van der Waals surface area contributed by atoms with E-state index in [0.717, 1.165) is 37.0 Å². The van der Waals surface area contributed by atoms with Gasteiger partial charge in [0.1, 0.15) is 5.75 Å². The predicted octanol–water partition coefficient (Wildman–Crippen LogP) is 2.16. The molecule has 2 aliphatic rings. The van der Waals surface area contributed by atoms with Gasteiger partial charge in [0.2, 0.25) is 0 Å². The van der Waals surface area contributed by atoms with Crippen LogP contribution >= 0.6 is 0 Å². The predicted molar refractivity (Wildman–Crippen MR) is 84.1 cm³/mol. The van der Waals surface area contributed by atoms with Crippen LogP contribution < -0.4 is 15.4 Å². The molecule has 1 aliphatic carbocycles. The molecule has 0 bridgehead atoms. The highest BCUT2D eigenvalue weighted by Crippen LogP contribution is 2.35. The number of benzene rings is 1. The average molecular weight is 304 g/mol. The number of carbonyl (C=O) groups is 1. The van der Waals surface area contributed by atoms with Gasteiger partial charge >= 0.3 is 6.03 Å². The molecule has 22 heavy (non-hydrogen) atoms. The second-order valence-corrected chi connectivity index (χ2v) is 6.49. The quantitative estimate of drug-likeness (QED) is 0.798. The Morgan fingerprint density at radius 1 is 1.41 bits per heavy atom. The van der Waals surface area contributed by atoms with Crippen LogP contribution in [0.25, 0.3) is 0 Å². The van der Waals surface area contributed by atoms with Crippen molar-refractivity contribution in [2.45, 2.75) is 50.1 Å². The van der Waals surface area contributed by atoms with Crippen LogP contribution in [0.2, 0.25) is 0 Å². The molecule has 1 saturated carbocycles. The van der Waals surface area contributed by atoms with Crippen LogP contribution in [0.15, 0.2) is 24.3 Å². The molecule has 3 N–H and O–H groups in total. The topological polar surface area (TPSA) is 70.6 Å². The highest BCUT2D eigenvalue weighted by Gasteiger charge is 2.36. The number of carbonyl (C=O) groups excluding carboxylic acids is 1. The minimum atomic E-state index is -0.437. The summed E-state index contributed by atoms with van der Waals surface area (Å²) >= 11 is 0. The summed E-state index contributed by atoms with van der Waals surface area (Å²) in [6.45, 7) is 2.59. The zero-order valence-corrected chi connectivity index (χ0v) is 13.0. The Morgan fingerprint density at radius 2 is 2.14 bits per heavy atom. The fraction of sp³-hybridized carbons (Fsp3) is 0.588. The molecule has 1 aromatic carbocycles. The number of nitrogens with one attached hydrogen (secondary N) is 2. The fourth-order valence-corrected chi connectivity index (χ4v) is 3.56. The minimum Gasteiger partial charge on any atom is -0.493 e. The molecule has 0 radical (unpaired) electrons. The van der Waals surface area contributed by atoms with Gasteiger partial charge in [0, 0.05) is 17.5 Å². The van der Waals surface area contributed by atoms with Gasteiger partial charge in [-0.3, -0.25) is 0 Å². The summed E-state index contributed by atoms with van der Waals surface area (Å²) in [6, 6.07) is 7.73. The van der Waals surface area contributed by atoms with E-state index < -0.39 is 5.54 Å². The van der Waals surface area contributed by atoms with E-state index in [2.05, 4.69) is 16.7 Å². The first kappa shape index (κ1) is 15.2. The van der Waals surface area contributed by atoms with E-state index in [1.54, 1.807) is 0 Å². The molecule has 2 atom stereocenters. The van der Waals surface area contributed by atoms with Gasteiger partial charge in [0.05, 0.1) is 18.8 Å². The van der Waals surface area contributed by atoms with Crippen molar-refractivity contribution in [1.29, 1.82) is 0 Å². The molecular weight excluding hydrogens is 280 g/mol. The molecule has 1 fully saturated rings. The monoisotopic (exact) mass is 304 g/mol. The van der Waals surface area contributed by atoms with Gasteiger partial charge in [-0.15, -0.1) is 0 Å². The van der Waals surface area contributed by atoms with Crippen molar-refractivity contribution < 1.29 is 14.6 Å². The number of aliphatic hydroxyl groups excluding tert-OH is 1. The zero-order valence-electron chi connectivity index (χ0n) is 13.0. The second-order valence-electron chi connectivity index (χ2n) is 6.49. The molecule has 1 heterocycles. The van der Waals surface area contributed by atoms with Crippen molar-refractivity contribution in [3.05, 3.63) is 29.8 Å². The third-order valence-electron chi connectivity index (χ3n) is 4.94. The van der Waals surface area contributed by atoms with Crippen molar-refractivity contribution in [3.8, 4) is 5.75 Å². The van der Waals surface area contributed by atoms with Crippen molar-refractivity contribution in [1.82, 2.24) is 10.6 Å². The van der Waals surface area contributed by atoms with Gasteiger partial charge in [0.25, 0.3) is 0 Å². The molecule has 1 aliphatic heterocycles. The Balaban J connectivity index is 1.60. The van der Waals surface area contributed by atoms with Gasteiger partial charge in [-0.05, 0) is 25.8 Å². The number of hydrogen-bond acceptors (Lipinski definition) is 3. The van der Waals surface area contributed by atoms with Crippen LogP contribution in [-0.4, -0.2) is 35.9 Å². The standard InChI is InChI=1S/C17H24N2O3/c1-12(14-10-22-15-7-3-2-6-13(14)15)18-16(21)19-17(11-20)8-4-5-9-17/h2-3,6-7,12,14,20H,4-5,8-11H2,1H3,(H2,18,19,21). The lowest BCUT2D eigenvalue weighted by atomic mass is 9.94. The number of hydrogen-bond donors (Lipinski definition) is 3. The molecule has 1 aromatic rings. The number of fused-ring (bicyclic) bond motifs is 1. The van der Waals surface area contributed by atoms with Gasteiger partial charge in [0.15, 0.2) is 0 Å². The maximum absolute atomic E-state index is 12.3. The second kappa shape index (κ2) is 6.16. The Hall–Kier alpha value is -1.75. The van der Waals surface area contributed by atoms with Crippen LogP contribution in [0.3, 0.4) is 0 Å². The van der Waals surface area contributed by atoms with E-state index in [1.807, 2.05) is 25.1 Å². The van der Waals surface area contributed by atoms with Gasteiger partial charge in [-0.2, -0.15) is 0 Å². The molecule has 0 aromatic heterocycles. The van der Waals surface area contributed by atoms with E-state index >= 15 is 0 Å². The maximum Gasteiger partial charge on any atom is 0.315 e. The van der Waals surface area contributed by atoms with Crippen LogP contribution in [0.5, 0.6) is 5.75 Å². The minimum absolute atomic E-state index is 0.00414. The first-order valence-electron chi connectivity index (χ1n) is 8.05. The molecule has 2 unspecified atom stereocenters. The lowest BCUT2D eigenvalue weighted by molar-refractivity contribution is 0.161. The van der Waals surface area contributed by atoms with Crippen molar-refractivity contribution >= 4 is 6.03 Å². The average Bonchev–Trinajstić information content (AvgIpc) is 3.14. The first-order chi connectivity index (χ1) is 10.6. The number of amides is 2. The van der Waals surface area contributed by atoms with Gasteiger partial charge in [-0.1, -0.05) is 31.0 Å². The highest BCUT2D eigenvalue weighted by atomic mass is 16.5. The molecular formula is C17H24N2O3. The fourth-order valence-electron chi connectivity index (χ4n) is 3.56. The normalized spacial score (nSPS) is 23.5. The van der Waals surface area contributed by atoms with E-state index in [-0.39, 0.29) is 24.6 Å². The van der Waals surface area contributed by atoms with E-state index in [1.165, 1.54) is 0 Å². The smallest absolute Gasteiger partial charge is 0.315 e. The molecule has 0 saturated heterocycles. The molecule has 0 spiro atoms. The van der Waals surface area contributed by atoms with E-state index in [9.17, 15) is 9.90 Å². The largest absolute Gasteiger partial charge is 0.493 e. The Kier molecular flexibility index (Phi) is 4.25. The van der Waals surface area contributed by atoms with Crippen molar-refractivity contribution in [3.63, 3.8) is 0 Å². The summed E-state index contributed by atoms with van der Waals surface area (Å²) in [5, 5.41) is 15.6. The van der Waals surface area contributed by atoms with Crippen LogP contribution in [-0.2, 0) is 0 Å². The lowest BCUT2D eigenvalue weighted by Crippen LogP contribution is -2.55. The van der Waals surface area contributed by atoms with Gasteiger partial charge in [-0.25, -0.2) is 4.79 Å². The third kappa shape index (κ3) is 2.90.